The fourth-order valence-electron chi connectivity index (χ4n) is 11.4. The number of hydrogen-bond acceptors (Lipinski definition) is 6. The number of fused-ring (bicyclic) bond motifs is 3. The van der Waals surface area contributed by atoms with E-state index in [-0.39, 0.29) is 10.8 Å². The van der Waals surface area contributed by atoms with Crippen LogP contribution in [0.4, 0.5) is 51.2 Å². The zero-order chi connectivity index (χ0) is 55.8. The molecule has 0 saturated carbocycles. The smallest absolute Gasteiger partial charge is 0.136 e. The molecule has 7 heteroatoms. The molecule has 6 nitrogen and oxygen atoms in total. The van der Waals surface area contributed by atoms with Crippen molar-refractivity contribution in [2.24, 2.45) is 0 Å². The lowest BCUT2D eigenvalue weighted by Crippen LogP contribution is -2.19. The van der Waals surface area contributed by atoms with Gasteiger partial charge in [0, 0.05) is 50.0 Å². The lowest BCUT2D eigenvalue weighted by Gasteiger charge is -2.34. The summed E-state index contributed by atoms with van der Waals surface area (Å²) >= 11 is 8.27. The summed E-state index contributed by atoms with van der Waals surface area (Å²) in [5.74, 6) is 1.60. The molecule has 3 aromatic heterocycles. The predicted molar refractivity (Wildman–Crippen MR) is 337 cm³/mol. The van der Waals surface area contributed by atoms with Crippen LogP contribution in [-0.2, 0) is 10.8 Å². The van der Waals surface area contributed by atoms with E-state index in [1.807, 2.05) is 42.7 Å². The molecule has 3 heterocycles. The van der Waals surface area contributed by atoms with Gasteiger partial charge in [0.25, 0.3) is 0 Å². The first-order valence-corrected chi connectivity index (χ1v) is 27.9. The van der Waals surface area contributed by atoms with Crippen LogP contribution in [0.5, 0.6) is 0 Å². The van der Waals surface area contributed by atoms with Crippen LogP contribution in [0.15, 0.2) is 214 Å². The van der Waals surface area contributed by atoms with Gasteiger partial charge < -0.3 is 28.0 Å². The third-order valence-electron chi connectivity index (χ3n) is 15.5. The highest BCUT2D eigenvalue weighted by molar-refractivity contribution is 6.37. The Kier molecular flexibility index (Phi) is 13.1. The summed E-state index contributed by atoms with van der Waals surface area (Å²) in [4.78, 5) is 7.02. The third-order valence-corrected chi connectivity index (χ3v) is 15.9. The van der Waals surface area contributed by atoms with Crippen LogP contribution < -0.4 is 14.7 Å². The van der Waals surface area contributed by atoms with E-state index >= 15 is 0 Å². The molecule has 12 rings (SSSR count). The standard InChI is InChI=1S/C73H66ClN3O3/c1-45-34-61(69(74)62(35-45)77(71-48(4)36-55(37-49(71)5)73(9,10)11)63-44-78-66-33-32-54(42-60(63)66)72(6,7)8)76(70-46(2)20-16-21-47(70)3)59-29-19-28-58(43-59)75(56-26-17-24-50(38-56)67-40-52-22-12-14-30-64(52)79-67)57-27-18-25-51(39-57)68-41-53-23-13-15-31-65(53)80-68/h12-44H,1-11H3. The van der Waals surface area contributed by atoms with Crippen molar-refractivity contribution >= 4 is 95.7 Å². The van der Waals surface area contributed by atoms with Gasteiger partial charge in [0.15, 0.2) is 0 Å². The number of para-hydroxylation sites is 3. The third kappa shape index (κ3) is 9.62. The van der Waals surface area contributed by atoms with Gasteiger partial charge in [-0.25, -0.2) is 0 Å². The van der Waals surface area contributed by atoms with Crippen LogP contribution in [0.25, 0.3) is 55.6 Å². The SMILES string of the molecule is Cc1cc(N(c2cccc(N(c3cccc(-c4cc5ccccc5o4)c3)c3cccc(-c4cc5ccccc5o4)c3)c2)c2c(C)cccc2C)c(Cl)c(N(c2c(C)cc(C(C)(C)C)cc2C)c2coc3ccc(C(C)(C)C)cc23)c1. The minimum Gasteiger partial charge on any atom is -0.462 e. The highest BCUT2D eigenvalue weighted by atomic mass is 35.5. The zero-order valence-corrected chi connectivity index (χ0v) is 48.3. The van der Waals surface area contributed by atoms with Gasteiger partial charge >= 0.3 is 0 Å². The Morgan fingerprint density at radius 2 is 0.850 bits per heavy atom. The van der Waals surface area contributed by atoms with Gasteiger partial charge in [-0.2, -0.15) is 0 Å². The zero-order valence-electron chi connectivity index (χ0n) is 47.5. The average molecular weight is 1070 g/mol. The molecule has 80 heavy (non-hydrogen) atoms. The van der Waals surface area contributed by atoms with Crippen molar-refractivity contribution in [1.82, 2.24) is 0 Å². The first-order valence-electron chi connectivity index (χ1n) is 27.6. The second kappa shape index (κ2) is 20.2. The first kappa shape index (κ1) is 52.0. The Morgan fingerprint density at radius 3 is 1.39 bits per heavy atom. The van der Waals surface area contributed by atoms with Gasteiger partial charge in [0.2, 0.25) is 0 Å². The van der Waals surface area contributed by atoms with Crippen molar-refractivity contribution in [3.63, 3.8) is 0 Å². The molecule has 398 valence electrons. The molecule has 0 saturated heterocycles. The summed E-state index contributed by atoms with van der Waals surface area (Å²) in [6.07, 6.45) is 1.90. The van der Waals surface area contributed by atoms with E-state index in [0.29, 0.717) is 5.02 Å². The fourth-order valence-corrected chi connectivity index (χ4v) is 11.7. The van der Waals surface area contributed by atoms with Crippen LogP contribution in [0.2, 0.25) is 5.02 Å². The maximum atomic E-state index is 8.27. The number of furan rings is 3. The highest BCUT2D eigenvalue weighted by Gasteiger charge is 2.30. The molecule has 0 aliphatic heterocycles. The molecule has 0 N–H and O–H groups in total. The van der Waals surface area contributed by atoms with Crippen LogP contribution in [0.3, 0.4) is 0 Å². The number of aryl methyl sites for hydroxylation is 5. The minimum atomic E-state index is -0.0907. The Balaban J connectivity index is 1.07. The highest BCUT2D eigenvalue weighted by Crippen LogP contribution is 2.53. The Labute approximate surface area is 475 Å². The van der Waals surface area contributed by atoms with Crippen LogP contribution >= 0.6 is 11.6 Å². The van der Waals surface area contributed by atoms with E-state index in [1.165, 1.54) is 11.1 Å². The Bertz CT molecular complexity index is 4100. The summed E-state index contributed by atoms with van der Waals surface area (Å²) < 4.78 is 19.5. The normalized spacial score (nSPS) is 12.0. The number of anilines is 9. The molecular weight excluding hydrogens is 1000 g/mol. The maximum absolute atomic E-state index is 8.27. The number of benzene rings is 9. The van der Waals surface area contributed by atoms with Crippen molar-refractivity contribution in [3.8, 4) is 22.6 Å². The summed E-state index contributed by atoms with van der Waals surface area (Å²) in [5.41, 5.74) is 20.9. The van der Waals surface area contributed by atoms with Gasteiger partial charge in [0.1, 0.15) is 34.5 Å². The fraction of sp³-hybridized carbons (Fsp3) is 0.178. The second-order valence-electron chi connectivity index (χ2n) is 23.6. The molecule has 0 spiro atoms. The number of nitrogens with zero attached hydrogens (tertiary/aromatic N) is 3. The summed E-state index contributed by atoms with van der Waals surface area (Å²) in [6.45, 7) is 24.6. The minimum absolute atomic E-state index is 0.0539. The van der Waals surface area contributed by atoms with Gasteiger partial charge in [-0.15, -0.1) is 0 Å². The molecule has 9 aromatic carbocycles. The second-order valence-corrected chi connectivity index (χ2v) is 23.9. The largest absolute Gasteiger partial charge is 0.462 e. The Morgan fingerprint density at radius 1 is 0.375 bits per heavy atom. The van der Waals surface area contributed by atoms with E-state index < -0.39 is 0 Å². The first-order chi connectivity index (χ1) is 38.4. The molecule has 0 bridgehead atoms. The number of halogens is 1. The molecule has 0 amide bonds. The van der Waals surface area contributed by atoms with Crippen molar-refractivity contribution in [2.45, 2.75) is 87.0 Å². The van der Waals surface area contributed by atoms with Crippen LogP contribution in [0.1, 0.15) is 80.5 Å². The van der Waals surface area contributed by atoms with Crippen molar-refractivity contribution in [3.05, 3.63) is 244 Å². The topological polar surface area (TPSA) is 49.1 Å². The molecule has 0 fully saturated rings. The van der Waals surface area contributed by atoms with Crippen molar-refractivity contribution in [2.75, 3.05) is 14.7 Å². The lowest BCUT2D eigenvalue weighted by molar-refractivity contribution is 0.589. The summed E-state index contributed by atoms with van der Waals surface area (Å²) in [5, 5.41) is 3.72. The molecular formula is C73H66ClN3O3. The van der Waals surface area contributed by atoms with E-state index in [4.69, 9.17) is 24.9 Å². The molecule has 0 unspecified atom stereocenters. The molecule has 0 aliphatic rings. The van der Waals surface area contributed by atoms with Crippen LogP contribution in [0, 0.1) is 34.6 Å². The molecule has 12 aromatic rings. The van der Waals surface area contributed by atoms with Gasteiger partial charge in [0.05, 0.1) is 33.5 Å². The van der Waals surface area contributed by atoms with Crippen molar-refractivity contribution in [1.29, 1.82) is 0 Å². The molecule has 0 aliphatic carbocycles. The number of rotatable bonds is 11. The summed E-state index contributed by atoms with van der Waals surface area (Å²) in [6, 6.07) is 68.7. The maximum Gasteiger partial charge on any atom is 0.136 e. The lowest BCUT2D eigenvalue weighted by atomic mass is 9.84. The quantitative estimate of drug-likeness (QED) is 0.129. The molecule has 0 radical (unpaired) electrons. The van der Waals surface area contributed by atoms with E-state index in [0.717, 1.165) is 135 Å². The Hall–Kier alpha value is -8.71. The average Bonchev–Trinajstić information content (AvgIpc) is 4.32. The van der Waals surface area contributed by atoms with Gasteiger partial charge in [-0.3, -0.25) is 0 Å². The van der Waals surface area contributed by atoms with E-state index in [9.17, 15) is 0 Å². The van der Waals surface area contributed by atoms with E-state index in [2.05, 4.69) is 249 Å². The number of hydrogen-bond donors (Lipinski definition) is 0. The van der Waals surface area contributed by atoms with Crippen LogP contribution in [-0.4, -0.2) is 0 Å². The summed E-state index contributed by atoms with van der Waals surface area (Å²) in [7, 11) is 0. The van der Waals surface area contributed by atoms with Gasteiger partial charge in [-0.05, 0) is 175 Å². The molecule has 0 atom stereocenters. The monoisotopic (exact) mass is 1070 g/mol. The predicted octanol–water partition coefficient (Wildman–Crippen LogP) is 22.5. The van der Waals surface area contributed by atoms with Crippen molar-refractivity contribution < 1.29 is 13.3 Å². The van der Waals surface area contributed by atoms with E-state index in [1.54, 1.807) is 0 Å². The van der Waals surface area contributed by atoms with Gasteiger partial charge in [-0.1, -0.05) is 156 Å².